The van der Waals surface area contributed by atoms with Crippen molar-refractivity contribution in [1.29, 1.82) is 0 Å². The molecular formula is C19H41O6P. The molecule has 2 unspecified atom stereocenters. The maximum atomic E-state index is 9.70. The Morgan fingerprint density at radius 1 is 0.846 bits per heavy atom. The van der Waals surface area contributed by atoms with E-state index >= 15 is 0 Å². The van der Waals surface area contributed by atoms with Crippen LogP contribution >= 0.6 is 9.47 Å². The van der Waals surface area contributed by atoms with Gasteiger partial charge >= 0.3 is 0 Å². The maximum absolute atomic E-state index is 9.70. The van der Waals surface area contributed by atoms with Crippen molar-refractivity contribution in [2.75, 3.05) is 33.0 Å². The molecule has 0 radical (unpaired) electrons. The fourth-order valence-corrected chi connectivity index (χ4v) is 2.47. The smallest absolute Gasteiger partial charge is 0.189 e. The minimum absolute atomic E-state index is 0.143. The molecule has 0 bridgehead atoms. The fourth-order valence-electron chi connectivity index (χ4n) is 2.23. The average molecular weight is 397 g/mol. The van der Waals surface area contributed by atoms with E-state index in [0.717, 1.165) is 38.5 Å². The molecule has 0 heterocycles. The molecule has 6 nitrogen and oxygen atoms in total. The molecule has 0 aromatic rings. The van der Waals surface area contributed by atoms with Gasteiger partial charge in [0.25, 0.3) is 0 Å². The molecule has 0 spiro atoms. The molecule has 0 aliphatic rings. The number of unbranched alkanes of at least 4 members (excludes halogenated alkanes) is 3. The Kier molecular flexibility index (Phi) is 18.7. The quantitative estimate of drug-likeness (QED) is 0.204. The van der Waals surface area contributed by atoms with Crippen molar-refractivity contribution in [2.45, 2.75) is 90.8 Å². The third-order valence-electron chi connectivity index (χ3n) is 4.08. The van der Waals surface area contributed by atoms with Crippen molar-refractivity contribution in [3.8, 4) is 0 Å². The van der Waals surface area contributed by atoms with Gasteiger partial charge in [0.1, 0.15) is 12.2 Å². The second-order valence-corrected chi connectivity index (χ2v) is 6.75. The van der Waals surface area contributed by atoms with Crippen LogP contribution < -0.4 is 0 Å². The van der Waals surface area contributed by atoms with E-state index in [1.165, 1.54) is 0 Å². The van der Waals surface area contributed by atoms with Crippen LogP contribution in [0.5, 0.6) is 0 Å². The Balaban J connectivity index is 4.67. The highest BCUT2D eigenvalue weighted by Crippen LogP contribution is 2.17. The number of ether oxygens (including phenoxy) is 4. The van der Waals surface area contributed by atoms with Crippen LogP contribution in [0.15, 0.2) is 0 Å². The molecule has 5 atom stereocenters. The molecular weight excluding hydrogens is 355 g/mol. The highest BCUT2D eigenvalue weighted by atomic mass is 31.0. The van der Waals surface area contributed by atoms with E-state index in [2.05, 4.69) is 30.2 Å². The van der Waals surface area contributed by atoms with Gasteiger partial charge in [0, 0.05) is 29.3 Å². The minimum atomic E-state index is -0.646. The summed E-state index contributed by atoms with van der Waals surface area (Å²) in [5.41, 5.74) is 0. The summed E-state index contributed by atoms with van der Waals surface area (Å²) in [6, 6.07) is 0. The van der Waals surface area contributed by atoms with E-state index in [1.807, 2.05) is 6.92 Å². The number of aliphatic hydroxyl groups excluding tert-OH is 1. The first-order chi connectivity index (χ1) is 12.6. The summed E-state index contributed by atoms with van der Waals surface area (Å²) < 4.78 is 28.8. The summed E-state index contributed by atoms with van der Waals surface area (Å²) >= 11 is 0. The minimum Gasteiger partial charge on any atom is -0.394 e. The highest BCUT2D eigenvalue weighted by Gasteiger charge is 2.29. The molecule has 1 N–H and O–H groups in total. The Hall–Kier alpha value is 0.190. The van der Waals surface area contributed by atoms with Crippen LogP contribution in [0.2, 0.25) is 0 Å². The molecule has 0 aromatic carbocycles. The first-order valence-corrected chi connectivity index (χ1v) is 10.5. The molecule has 26 heavy (non-hydrogen) atoms. The van der Waals surface area contributed by atoms with Gasteiger partial charge in [0.15, 0.2) is 6.29 Å². The maximum Gasteiger partial charge on any atom is 0.189 e. The van der Waals surface area contributed by atoms with E-state index in [9.17, 15) is 5.11 Å². The van der Waals surface area contributed by atoms with Crippen LogP contribution in [0.1, 0.15) is 66.2 Å². The zero-order valence-electron chi connectivity index (χ0n) is 17.2. The molecule has 0 amide bonds. The summed E-state index contributed by atoms with van der Waals surface area (Å²) in [6.07, 6.45) is 4.46. The molecule has 0 rings (SSSR count). The lowest BCUT2D eigenvalue weighted by Crippen LogP contribution is -2.43. The number of hydrogen-bond donors (Lipinski definition) is 1. The number of aliphatic hydroxyl groups is 1. The third-order valence-corrected chi connectivity index (χ3v) is 4.35. The van der Waals surface area contributed by atoms with Crippen LogP contribution in [0.3, 0.4) is 0 Å². The van der Waals surface area contributed by atoms with Gasteiger partial charge in [-0.25, -0.2) is 0 Å². The second kappa shape index (κ2) is 18.5. The Bertz CT molecular complexity index is 295. The van der Waals surface area contributed by atoms with E-state index in [-0.39, 0.29) is 18.8 Å². The van der Waals surface area contributed by atoms with Gasteiger partial charge in [-0.05, 0) is 26.2 Å². The molecule has 0 aliphatic carbocycles. The summed E-state index contributed by atoms with van der Waals surface area (Å²) in [6.45, 7) is 10.5. The third kappa shape index (κ3) is 12.6. The van der Waals surface area contributed by atoms with E-state index in [1.54, 1.807) is 0 Å². The number of hydrogen-bond acceptors (Lipinski definition) is 6. The second-order valence-electron chi connectivity index (χ2n) is 6.48. The monoisotopic (exact) mass is 396 g/mol. The predicted octanol–water partition coefficient (Wildman–Crippen LogP) is 3.70. The molecule has 0 fully saturated rings. The molecule has 7 heteroatoms. The van der Waals surface area contributed by atoms with Gasteiger partial charge < -0.3 is 28.6 Å². The van der Waals surface area contributed by atoms with E-state index in [0.29, 0.717) is 26.4 Å². The van der Waals surface area contributed by atoms with Gasteiger partial charge in [0.05, 0.1) is 19.3 Å². The Morgan fingerprint density at radius 2 is 1.42 bits per heavy atom. The lowest BCUT2D eigenvalue weighted by Gasteiger charge is -2.31. The largest absolute Gasteiger partial charge is 0.394 e. The fraction of sp³-hybridized carbons (Fsp3) is 1.00. The van der Waals surface area contributed by atoms with Crippen LogP contribution in [0.4, 0.5) is 0 Å². The van der Waals surface area contributed by atoms with E-state index in [4.69, 9.17) is 23.5 Å². The molecule has 158 valence electrons. The normalized spacial score (nSPS) is 16.4. The number of rotatable bonds is 19. The standard InChI is InChI=1S/C19H41O6P/c1-5-8-11-21-15-18(23-13-10-7-3)19(25-26)24-17(14-20)16(4)22-12-9-6-2/h16-20H,5-15,26H2,1-4H3/t16-,17?,18-,19-/m0/s1. The molecule has 0 saturated carbocycles. The summed E-state index contributed by atoms with van der Waals surface area (Å²) in [7, 11) is 2.23. The Labute approximate surface area is 162 Å². The SMILES string of the molecule is CCCCOC[C@H](OCCCC)[C@H](OP)OC(CO)[C@H](C)OCCCC. The molecule has 0 aromatic heterocycles. The van der Waals surface area contributed by atoms with Gasteiger partial charge in [-0.3, -0.25) is 0 Å². The summed E-state index contributed by atoms with van der Waals surface area (Å²) in [5.74, 6) is 0. The van der Waals surface area contributed by atoms with Gasteiger partial charge in [-0.2, -0.15) is 0 Å². The van der Waals surface area contributed by atoms with Crippen LogP contribution in [-0.4, -0.2) is 62.7 Å². The van der Waals surface area contributed by atoms with E-state index < -0.39 is 12.4 Å². The van der Waals surface area contributed by atoms with Gasteiger partial charge in [-0.15, -0.1) is 0 Å². The predicted molar refractivity (Wildman–Crippen MR) is 107 cm³/mol. The van der Waals surface area contributed by atoms with Crippen LogP contribution in [0.25, 0.3) is 0 Å². The summed E-state index contributed by atoms with van der Waals surface area (Å²) in [4.78, 5) is 0. The molecule has 0 aliphatic heterocycles. The van der Waals surface area contributed by atoms with Crippen LogP contribution in [-0.2, 0) is 23.5 Å². The van der Waals surface area contributed by atoms with Crippen molar-refractivity contribution < 1.29 is 28.6 Å². The van der Waals surface area contributed by atoms with Gasteiger partial charge in [-0.1, -0.05) is 40.0 Å². The zero-order chi connectivity index (χ0) is 19.6. The first kappa shape index (κ1) is 26.2. The van der Waals surface area contributed by atoms with Crippen molar-refractivity contribution in [3.05, 3.63) is 0 Å². The van der Waals surface area contributed by atoms with Crippen molar-refractivity contribution in [1.82, 2.24) is 0 Å². The average Bonchev–Trinajstić information content (AvgIpc) is 2.65. The first-order valence-electron chi connectivity index (χ1n) is 10.1. The lowest BCUT2D eigenvalue weighted by atomic mass is 10.2. The Morgan fingerprint density at radius 3 is 1.96 bits per heavy atom. The molecule has 0 saturated heterocycles. The summed E-state index contributed by atoms with van der Waals surface area (Å²) in [5, 5.41) is 9.70. The van der Waals surface area contributed by atoms with Gasteiger partial charge in [0.2, 0.25) is 0 Å². The highest BCUT2D eigenvalue weighted by molar-refractivity contribution is 7.09. The zero-order valence-corrected chi connectivity index (χ0v) is 18.3. The van der Waals surface area contributed by atoms with Crippen LogP contribution in [0, 0.1) is 0 Å². The van der Waals surface area contributed by atoms with Crippen molar-refractivity contribution >= 4 is 9.47 Å². The lowest BCUT2D eigenvalue weighted by molar-refractivity contribution is -0.220. The van der Waals surface area contributed by atoms with Crippen molar-refractivity contribution in [2.24, 2.45) is 0 Å². The topological polar surface area (TPSA) is 66.4 Å². The van der Waals surface area contributed by atoms with Crippen molar-refractivity contribution in [3.63, 3.8) is 0 Å².